The van der Waals surface area contributed by atoms with Gasteiger partial charge in [0.15, 0.2) is 28.6 Å². The first kappa shape index (κ1) is 22.5. The van der Waals surface area contributed by atoms with Gasteiger partial charge in [0.05, 0.1) is 12.9 Å². The second kappa shape index (κ2) is 10.3. The molecule has 1 atom stereocenters. The van der Waals surface area contributed by atoms with E-state index in [0.29, 0.717) is 40.5 Å². The van der Waals surface area contributed by atoms with Gasteiger partial charge in [0.1, 0.15) is 11.5 Å². The molecule has 33 heavy (non-hydrogen) atoms. The van der Waals surface area contributed by atoms with Crippen LogP contribution >= 0.6 is 11.8 Å². The number of amides is 1. The number of allylic oxidation sites excluding steroid dienone is 1. The molecule has 1 amide bonds. The van der Waals surface area contributed by atoms with E-state index in [9.17, 15) is 4.79 Å². The monoisotopic (exact) mass is 468 g/mol. The maximum Gasteiger partial charge on any atom is 0.234 e. The third-order valence-electron chi connectivity index (χ3n) is 4.78. The highest BCUT2D eigenvalue weighted by atomic mass is 32.2. The molecule has 3 aromatic rings. The van der Waals surface area contributed by atoms with Crippen LogP contribution in [-0.4, -0.2) is 40.3 Å². The Morgan fingerprint density at radius 3 is 2.73 bits per heavy atom. The van der Waals surface area contributed by atoms with Gasteiger partial charge in [-0.1, -0.05) is 17.8 Å². The van der Waals surface area contributed by atoms with Gasteiger partial charge in [0, 0.05) is 18.3 Å². The number of anilines is 1. The van der Waals surface area contributed by atoms with E-state index in [2.05, 4.69) is 22.1 Å². The quantitative estimate of drug-likeness (QED) is 0.351. The first-order valence-electron chi connectivity index (χ1n) is 10.2. The maximum atomic E-state index is 12.5. The minimum absolute atomic E-state index is 0.164. The van der Waals surface area contributed by atoms with E-state index in [1.807, 2.05) is 35.8 Å². The van der Waals surface area contributed by atoms with Crippen molar-refractivity contribution in [1.82, 2.24) is 14.8 Å². The van der Waals surface area contributed by atoms with Crippen LogP contribution in [0.15, 0.2) is 60.3 Å². The van der Waals surface area contributed by atoms with Crippen molar-refractivity contribution in [3.63, 3.8) is 0 Å². The van der Waals surface area contributed by atoms with Crippen LogP contribution in [-0.2, 0) is 11.3 Å². The number of thioether (sulfide) groups is 1. The van der Waals surface area contributed by atoms with Crippen molar-refractivity contribution in [2.24, 2.45) is 0 Å². The molecule has 2 aromatic carbocycles. The average molecular weight is 469 g/mol. The Labute approximate surface area is 195 Å². The van der Waals surface area contributed by atoms with Gasteiger partial charge in [-0.05, 0) is 43.3 Å². The number of fused-ring (bicyclic) bond motifs is 1. The molecule has 4 rings (SSSR count). The molecule has 172 valence electrons. The fraction of sp³-hybridized carbons (Fsp3) is 0.261. The third kappa shape index (κ3) is 5.40. The minimum atomic E-state index is -0.359. The molecule has 0 radical (unpaired) electrons. The molecular weight excluding hydrogens is 444 g/mol. The lowest BCUT2D eigenvalue weighted by atomic mass is 10.3. The molecule has 0 bridgehead atoms. The Kier molecular flexibility index (Phi) is 7.04. The van der Waals surface area contributed by atoms with Crippen LogP contribution in [0.5, 0.6) is 23.0 Å². The fourth-order valence-corrected chi connectivity index (χ4v) is 3.98. The van der Waals surface area contributed by atoms with Gasteiger partial charge in [0.2, 0.25) is 12.7 Å². The zero-order valence-corrected chi connectivity index (χ0v) is 19.1. The predicted octanol–water partition coefficient (Wildman–Crippen LogP) is 4.07. The second-order valence-electron chi connectivity index (χ2n) is 7.08. The van der Waals surface area contributed by atoms with Gasteiger partial charge in [-0.25, -0.2) is 0 Å². The lowest BCUT2D eigenvalue weighted by molar-refractivity contribution is -0.113. The van der Waals surface area contributed by atoms with Crippen LogP contribution in [0.2, 0.25) is 0 Å². The zero-order chi connectivity index (χ0) is 23.2. The highest BCUT2D eigenvalue weighted by Crippen LogP contribution is 2.34. The van der Waals surface area contributed by atoms with Crippen molar-refractivity contribution in [1.29, 1.82) is 0 Å². The summed E-state index contributed by atoms with van der Waals surface area (Å²) in [7, 11) is 1.62. The molecule has 2 heterocycles. The molecule has 0 aliphatic carbocycles. The summed E-state index contributed by atoms with van der Waals surface area (Å²) in [5.74, 6) is 3.36. The number of benzene rings is 2. The number of hydrogen-bond donors (Lipinski definition) is 1. The molecule has 0 saturated carbocycles. The molecular formula is C23H24N4O5S. The first-order valence-corrected chi connectivity index (χ1v) is 11.2. The predicted molar refractivity (Wildman–Crippen MR) is 124 cm³/mol. The summed E-state index contributed by atoms with van der Waals surface area (Å²) in [4.78, 5) is 12.5. The van der Waals surface area contributed by atoms with Crippen molar-refractivity contribution in [2.45, 2.75) is 24.7 Å². The number of methoxy groups -OCH3 is 1. The molecule has 0 spiro atoms. The Morgan fingerprint density at radius 2 is 1.97 bits per heavy atom. The summed E-state index contributed by atoms with van der Waals surface area (Å²) in [6, 6.07) is 12.6. The molecule has 0 fully saturated rings. The summed E-state index contributed by atoms with van der Waals surface area (Å²) in [5.41, 5.74) is 0.639. The zero-order valence-electron chi connectivity index (χ0n) is 18.3. The summed E-state index contributed by atoms with van der Waals surface area (Å²) < 4.78 is 23.7. The highest BCUT2D eigenvalue weighted by Gasteiger charge is 2.20. The van der Waals surface area contributed by atoms with E-state index in [-0.39, 0.29) is 24.6 Å². The number of rotatable bonds is 10. The van der Waals surface area contributed by atoms with E-state index in [1.54, 1.807) is 31.4 Å². The molecule has 1 aromatic heterocycles. The lowest BCUT2D eigenvalue weighted by Gasteiger charge is -2.16. The Morgan fingerprint density at radius 1 is 1.21 bits per heavy atom. The molecule has 1 aliphatic heterocycles. The van der Waals surface area contributed by atoms with Crippen LogP contribution < -0.4 is 24.3 Å². The number of nitrogens with zero attached hydrogens (tertiary/aromatic N) is 3. The fourth-order valence-electron chi connectivity index (χ4n) is 3.22. The number of carbonyl (C=O) groups is 1. The highest BCUT2D eigenvalue weighted by molar-refractivity contribution is 7.99. The number of carbonyl (C=O) groups excluding carboxylic acids is 1. The topological polar surface area (TPSA) is 96.7 Å². The standard InChI is InChI=1S/C23H24N4O5S/c1-4-11-27-22(15(2)32-18-8-6-17(29-3)7-9-18)25-26-23(27)33-13-21(28)24-16-5-10-19-20(12-16)31-14-30-19/h4-10,12,15H,1,11,13-14H2,2-3H3,(H,24,28). The van der Waals surface area contributed by atoms with Gasteiger partial charge in [-0.3, -0.25) is 9.36 Å². The minimum Gasteiger partial charge on any atom is -0.497 e. The van der Waals surface area contributed by atoms with Gasteiger partial charge in [0.25, 0.3) is 0 Å². The summed E-state index contributed by atoms with van der Waals surface area (Å²) >= 11 is 1.29. The van der Waals surface area contributed by atoms with E-state index in [0.717, 1.165) is 5.75 Å². The van der Waals surface area contributed by atoms with Gasteiger partial charge >= 0.3 is 0 Å². The van der Waals surface area contributed by atoms with Gasteiger partial charge < -0.3 is 24.3 Å². The maximum absolute atomic E-state index is 12.5. The van der Waals surface area contributed by atoms with E-state index in [1.165, 1.54) is 11.8 Å². The SMILES string of the molecule is C=CCn1c(SCC(=O)Nc2ccc3c(c2)OCO3)nnc1C(C)Oc1ccc(OC)cc1. The molecule has 9 nitrogen and oxygen atoms in total. The first-order chi connectivity index (χ1) is 16.1. The smallest absolute Gasteiger partial charge is 0.234 e. The summed E-state index contributed by atoms with van der Waals surface area (Å²) in [5, 5.41) is 12.0. The Hall–Kier alpha value is -3.66. The molecule has 1 N–H and O–H groups in total. The van der Waals surface area contributed by atoms with Crippen LogP contribution in [0, 0.1) is 0 Å². The summed E-state index contributed by atoms with van der Waals surface area (Å²) in [6.45, 7) is 6.39. The number of nitrogens with one attached hydrogen (secondary N) is 1. The largest absolute Gasteiger partial charge is 0.497 e. The van der Waals surface area contributed by atoms with Crippen LogP contribution in [0.1, 0.15) is 18.9 Å². The van der Waals surface area contributed by atoms with Crippen molar-refractivity contribution < 1.29 is 23.7 Å². The molecule has 10 heteroatoms. The summed E-state index contributed by atoms with van der Waals surface area (Å²) in [6.07, 6.45) is 1.40. The number of hydrogen-bond acceptors (Lipinski definition) is 8. The number of ether oxygens (including phenoxy) is 4. The normalized spacial score (nSPS) is 12.8. The van der Waals surface area contributed by atoms with Crippen molar-refractivity contribution >= 4 is 23.4 Å². The van der Waals surface area contributed by atoms with Crippen LogP contribution in [0.25, 0.3) is 0 Å². The second-order valence-corrected chi connectivity index (χ2v) is 8.02. The van der Waals surface area contributed by atoms with Crippen molar-refractivity contribution in [2.75, 3.05) is 25.0 Å². The van der Waals surface area contributed by atoms with Crippen LogP contribution in [0.4, 0.5) is 5.69 Å². The lowest BCUT2D eigenvalue weighted by Crippen LogP contribution is -2.15. The van der Waals surface area contributed by atoms with Crippen LogP contribution in [0.3, 0.4) is 0 Å². The molecule has 1 aliphatic rings. The van der Waals surface area contributed by atoms with E-state index in [4.69, 9.17) is 18.9 Å². The molecule has 1 unspecified atom stereocenters. The van der Waals surface area contributed by atoms with Gasteiger partial charge in [-0.15, -0.1) is 16.8 Å². The van der Waals surface area contributed by atoms with Gasteiger partial charge in [-0.2, -0.15) is 0 Å². The average Bonchev–Trinajstić information content (AvgIpc) is 3.45. The number of aromatic nitrogens is 3. The third-order valence-corrected chi connectivity index (χ3v) is 5.75. The van der Waals surface area contributed by atoms with E-state index >= 15 is 0 Å². The van der Waals surface area contributed by atoms with E-state index < -0.39 is 0 Å². The van der Waals surface area contributed by atoms with Crippen molar-refractivity contribution in [3.05, 3.63) is 60.9 Å². The Bertz CT molecular complexity index is 1130. The van der Waals surface area contributed by atoms with Crippen molar-refractivity contribution in [3.8, 4) is 23.0 Å². The molecule has 0 saturated heterocycles. The Balaban J connectivity index is 1.39.